The van der Waals surface area contributed by atoms with E-state index < -0.39 is 0 Å². The fraction of sp³-hybridized carbons (Fsp3) is 0.529. The highest BCUT2D eigenvalue weighted by Gasteiger charge is 2.09. The number of fused-ring (bicyclic) bond motifs is 1. The summed E-state index contributed by atoms with van der Waals surface area (Å²) in [6, 6.07) is 0.282. The zero-order valence-corrected chi connectivity index (χ0v) is 16.9. The summed E-state index contributed by atoms with van der Waals surface area (Å²) in [5.41, 5.74) is 0.927. The Bertz CT molecular complexity index is 839. The first-order valence-electron chi connectivity index (χ1n) is 8.63. The number of nitrogens with zero attached hydrogens (tertiary/aromatic N) is 4. The Balaban J connectivity index is 0.000000949. The van der Waals surface area contributed by atoms with Gasteiger partial charge in [0.15, 0.2) is 10.3 Å². The zero-order chi connectivity index (χ0) is 19.0. The summed E-state index contributed by atoms with van der Waals surface area (Å²) in [7, 11) is 0. The lowest BCUT2D eigenvalue weighted by Gasteiger charge is -2.04. The number of anilines is 2. The normalized spacial score (nSPS) is 10.1. The Morgan fingerprint density at radius 3 is 2.52 bits per heavy atom. The summed E-state index contributed by atoms with van der Waals surface area (Å²) in [5, 5.41) is 8.10. The molecule has 3 aromatic rings. The number of aryl methyl sites for hydroxylation is 1. The third-order valence-corrected chi connectivity index (χ3v) is 3.63. The van der Waals surface area contributed by atoms with Crippen LogP contribution < -0.4 is 10.9 Å². The molecule has 7 nitrogen and oxygen atoms in total. The van der Waals surface area contributed by atoms with Gasteiger partial charge in [-0.1, -0.05) is 45.5 Å². The summed E-state index contributed by atoms with van der Waals surface area (Å²) in [6.45, 7) is 14.2. The molecule has 0 bridgehead atoms. The second-order valence-corrected chi connectivity index (χ2v) is 6.62. The van der Waals surface area contributed by atoms with Crippen LogP contribution in [0.25, 0.3) is 10.3 Å². The fourth-order valence-corrected chi connectivity index (χ4v) is 2.61. The predicted molar refractivity (Wildman–Crippen MR) is 108 cm³/mol. The molecule has 3 heterocycles. The largest absolute Gasteiger partial charge is 0.323 e. The molecule has 0 saturated carbocycles. The van der Waals surface area contributed by atoms with E-state index in [2.05, 4.69) is 39.2 Å². The Morgan fingerprint density at radius 2 is 1.96 bits per heavy atom. The molecule has 0 aliphatic rings. The summed E-state index contributed by atoms with van der Waals surface area (Å²) in [5.74, 6) is 0.398. The van der Waals surface area contributed by atoms with Gasteiger partial charge in [-0.2, -0.15) is 5.10 Å². The molecule has 0 amide bonds. The predicted octanol–water partition coefficient (Wildman–Crippen LogP) is 4.90. The average Bonchev–Trinajstić information content (AvgIpc) is 3.16. The van der Waals surface area contributed by atoms with Crippen LogP contribution in [0.4, 0.5) is 11.6 Å². The molecule has 3 rings (SSSR count). The Morgan fingerprint density at radius 1 is 1.32 bits per heavy atom. The van der Waals surface area contributed by atoms with Gasteiger partial charge >= 0.3 is 0 Å². The molecule has 8 heteroatoms. The molecule has 0 unspecified atom stereocenters. The van der Waals surface area contributed by atoms with Crippen molar-refractivity contribution in [2.45, 2.75) is 60.9 Å². The first-order chi connectivity index (χ1) is 11.9. The van der Waals surface area contributed by atoms with Crippen molar-refractivity contribution in [1.82, 2.24) is 24.7 Å². The summed E-state index contributed by atoms with van der Waals surface area (Å²) < 4.78 is 1.83. The van der Waals surface area contributed by atoms with Crippen LogP contribution in [0.1, 0.15) is 60.4 Å². The number of H-pyrrole nitrogens is 1. The van der Waals surface area contributed by atoms with E-state index in [0.717, 1.165) is 10.7 Å². The van der Waals surface area contributed by atoms with Crippen molar-refractivity contribution in [3.05, 3.63) is 27.8 Å². The smallest absolute Gasteiger partial charge is 0.279 e. The molecule has 0 aromatic carbocycles. The molecule has 25 heavy (non-hydrogen) atoms. The van der Waals surface area contributed by atoms with Crippen molar-refractivity contribution >= 4 is 33.3 Å². The molecule has 0 aliphatic carbocycles. The van der Waals surface area contributed by atoms with Crippen LogP contribution in [-0.2, 0) is 0 Å². The molecule has 0 aliphatic heterocycles. The summed E-state index contributed by atoms with van der Waals surface area (Å²) in [6.07, 6.45) is 4.81. The van der Waals surface area contributed by atoms with Crippen LogP contribution in [0, 0.1) is 6.92 Å². The van der Waals surface area contributed by atoms with E-state index in [9.17, 15) is 4.79 Å². The first kappa shape index (κ1) is 20.8. The summed E-state index contributed by atoms with van der Waals surface area (Å²) in [4.78, 5) is 23.7. The highest BCUT2D eigenvalue weighted by atomic mass is 32.1. The molecule has 0 spiro atoms. The third kappa shape index (κ3) is 5.67. The van der Waals surface area contributed by atoms with Gasteiger partial charge in [-0.15, -0.1) is 0 Å². The molecule has 0 fully saturated rings. The lowest BCUT2D eigenvalue weighted by molar-refractivity contribution is 0.532. The number of rotatable bonds is 3. The minimum Gasteiger partial charge on any atom is -0.323 e. The molecule has 0 atom stereocenters. The molecule has 140 valence electrons. The lowest BCUT2D eigenvalue weighted by atomic mass is 10.4. The molecule has 3 aromatic heterocycles. The van der Waals surface area contributed by atoms with Crippen molar-refractivity contribution in [3.8, 4) is 0 Å². The Kier molecular flexibility index (Phi) is 8.27. The highest BCUT2D eigenvalue weighted by Crippen LogP contribution is 2.19. The second-order valence-electron chi connectivity index (χ2n) is 5.44. The van der Waals surface area contributed by atoms with Crippen LogP contribution in [0.3, 0.4) is 0 Å². The van der Waals surface area contributed by atoms with Gasteiger partial charge in [-0.25, -0.2) is 9.97 Å². The average molecular weight is 367 g/mol. The number of nitrogens with one attached hydrogen (secondary N) is 2. The highest BCUT2D eigenvalue weighted by molar-refractivity contribution is 7.18. The second kappa shape index (κ2) is 9.93. The van der Waals surface area contributed by atoms with Gasteiger partial charge in [0.25, 0.3) is 5.56 Å². The van der Waals surface area contributed by atoms with Gasteiger partial charge in [0.05, 0.1) is 16.9 Å². The Hall–Kier alpha value is -2.22. The number of aromatic nitrogens is 5. The van der Waals surface area contributed by atoms with E-state index in [0.29, 0.717) is 16.3 Å². The maximum atomic E-state index is 11.9. The van der Waals surface area contributed by atoms with Crippen LogP contribution in [0.15, 0.2) is 17.2 Å². The molecular formula is C17H30N6OS. The lowest BCUT2D eigenvalue weighted by Crippen LogP contribution is -2.10. The van der Waals surface area contributed by atoms with E-state index in [1.165, 1.54) is 17.8 Å². The number of hydrogen-bond donors (Lipinski definition) is 2. The van der Waals surface area contributed by atoms with Crippen LogP contribution >= 0.6 is 11.3 Å². The number of thiazole rings is 1. The molecule has 2 N–H and O–H groups in total. The maximum Gasteiger partial charge on any atom is 0.279 e. The molecule has 0 radical (unpaired) electrons. The van der Waals surface area contributed by atoms with Crippen molar-refractivity contribution in [2.24, 2.45) is 0 Å². The van der Waals surface area contributed by atoms with Gasteiger partial charge in [-0.05, 0) is 20.8 Å². The topological polar surface area (TPSA) is 88.5 Å². The van der Waals surface area contributed by atoms with Gasteiger partial charge < -0.3 is 5.32 Å². The van der Waals surface area contributed by atoms with Gasteiger partial charge in [-0.3, -0.25) is 14.5 Å². The minimum absolute atomic E-state index is 0. The zero-order valence-electron chi connectivity index (χ0n) is 16.0. The van der Waals surface area contributed by atoms with Crippen molar-refractivity contribution in [1.29, 1.82) is 0 Å². The fourth-order valence-electron chi connectivity index (χ4n) is 1.82. The van der Waals surface area contributed by atoms with Gasteiger partial charge in [0.2, 0.25) is 5.95 Å². The third-order valence-electron chi connectivity index (χ3n) is 2.77. The van der Waals surface area contributed by atoms with Crippen LogP contribution in [0.5, 0.6) is 0 Å². The van der Waals surface area contributed by atoms with E-state index in [-0.39, 0.29) is 13.0 Å². The van der Waals surface area contributed by atoms with E-state index >= 15 is 0 Å². The Labute approximate surface area is 154 Å². The van der Waals surface area contributed by atoms with Crippen LogP contribution in [-0.4, -0.2) is 24.7 Å². The first-order valence-corrected chi connectivity index (χ1v) is 9.44. The van der Waals surface area contributed by atoms with Crippen molar-refractivity contribution in [3.63, 3.8) is 0 Å². The molecule has 0 saturated heterocycles. The SMILES string of the molecule is CC.CCC.Cc1nc2c(=O)[nH]c(Nc3cnn(C(C)C)c3)nc2s1.[HH]. The van der Waals surface area contributed by atoms with Crippen molar-refractivity contribution in [2.75, 3.05) is 5.32 Å². The summed E-state index contributed by atoms with van der Waals surface area (Å²) >= 11 is 1.40. The maximum absolute atomic E-state index is 11.9. The van der Waals surface area contributed by atoms with Crippen molar-refractivity contribution < 1.29 is 1.43 Å². The minimum atomic E-state index is -0.238. The van der Waals surface area contributed by atoms with E-state index in [1.54, 1.807) is 6.20 Å². The quantitative estimate of drug-likeness (QED) is 0.688. The van der Waals surface area contributed by atoms with Crippen LogP contribution in [0.2, 0.25) is 0 Å². The standard InChI is InChI=1S/C12H14N6OS.C3H8.C2H6.H2/c1-6(2)18-5-8(4-13-18)15-12-16-10(19)9-11(17-12)20-7(3)14-9;1-3-2;1-2;/h4-6H,1-3H3,(H2,15,16,17,19);3H2,1-2H3;1-2H3;1H. The monoisotopic (exact) mass is 366 g/mol. The van der Waals surface area contributed by atoms with Gasteiger partial charge in [0, 0.05) is 13.7 Å². The van der Waals surface area contributed by atoms with E-state index in [4.69, 9.17) is 0 Å². The van der Waals surface area contributed by atoms with Gasteiger partial charge in [0.1, 0.15) is 0 Å². The molecular weight excluding hydrogens is 336 g/mol. The number of hydrogen-bond acceptors (Lipinski definition) is 6. The number of aromatic amines is 1. The van der Waals surface area contributed by atoms with E-state index in [1.807, 2.05) is 45.5 Å².